The van der Waals surface area contributed by atoms with E-state index >= 15 is 0 Å². The molecule has 1 aromatic carbocycles. The average Bonchev–Trinajstić information content (AvgIpc) is 2.89. The van der Waals surface area contributed by atoms with Crippen LogP contribution in [0.2, 0.25) is 0 Å². The largest absolute Gasteiger partial charge is 0.381 e. The van der Waals surface area contributed by atoms with Gasteiger partial charge >= 0.3 is 0 Å². The van der Waals surface area contributed by atoms with Gasteiger partial charge in [-0.3, -0.25) is 0 Å². The standard InChI is InChI=1S/C16H24OS/c18-14-16(10-4-5-11-16)13-17-12-6-9-15-7-2-1-3-8-15/h1-3,7-8,18H,4-6,9-14H2. The summed E-state index contributed by atoms with van der Waals surface area (Å²) < 4.78 is 5.88. The molecule has 0 amide bonds. The third-order valence-corrected chi connectivity index (χ3v) is 4.68. The van der Waals surface area contributed by atoms with Crippen LogP contribution in [-0.4, -0.2) is 19.0 Å². The van der Waals surface area contributed by atoms with Crippen LogP contribution in [0.25, 0.3) is 0 Å². The van der Waals surface area contributed by atoms with Gasteiger partial charge in [-0.25, -0.2) is 0 Å². The van der Waals surface area contributed by atoms with Crippen LogP contribution in [0.3, 0.4) is 0 Å². The predicted octanol–water partition coefficient (Wildman–Crippen LogP) is 4.13. The van der Waals surface area contributed by atoms with Crippen LogP contribution < -0.4 is 0 Å². The second-order valence-corrected chi connectivity index (χ2v) is 5.82. The molecular formula is C16H24OS. The first kappa shape index (κ1) is 14.0. The van der Waals surface area contributed by atoms with Crippen molar-refractivity contribution in [1.29, 1.82) is 0 Å². The molecule has 18 heavy (non-hydrogen) atoms. The van der Waals surface area contributed by atoms with Crippen LogP contribution >= 0.6 is 12.6 Å². The van der Waals surface area contributed by atoms with E-state index in [1.165, 1.54) is 31.2 Å². The SMILES string of the molecule is SCC1(COCCCc2ccccc2)CCCC1. The zero-order chi connectivity index (χ0) is 12.7. The van der Waals surface area contributed by atoms with E-state index in [9.17, 15) is 0 Å². The minimum atomic E-state index is 0.385. The molecule has 0 unspecified atom stereocenters. The van der Waals surface area contributed by atoms with E-state index in [1.807, 2.05) is 0 Å². The second kappa shape index (κ2) is 7.20. The van der Waals surface area contributed by atoms with Crippen molar-refractivity contribution in [1.82, 2.24) is 0 Å². The Balaban J connectivity index is 1.61. The number of hydrogen-bond acceptors (Lipinski definition) is 2. The molecule has 0 aromatic heterocycles. The van der Waals surface area contributed by atoms with E-state index in [-0.39, 0.29) is 0 Å². The lowest BCUT2D eigenvalue weighted by Crippen LogP contribution is -2.25. The topological polar surface area (TPSA) is 9.23 Å². The quantitative estimate of drug-likeness (QED) is 0.575. The lowest BCUT2D eigenvalue weighted by molar-refractivity contribution is 0.0578. The van der Waals surface area contributed by atoms with Crippen molar-refractivity contribution in [3.8, 4) is 0 Å². The number of rotatable bonds is 7. The number of ether oxygens (including phenoxy) is 1. The monoisotopic (exact) mass is 264 g/mol. The Labute approximate surface area is 116 Å². The molecule has 1 aliphatic carbocycles. The summed E-state index contributed by atoms with van der Waals surface area (Å²) in [7, 11) is 0. The molecule has 0 aliphatic heterocycles. The number of thiol groups is 1. The molecule has 2 heteroatoms. The van der Waals surface area contributed by atoms with E-state index < -0.39 is 0 Å². The van der Waals surface area contributed by atoms with Gasteiger partial charge in [0.15, 0.2) is 0 Å². The summed E-state index contributed by atoms with van der Waals surface area (Å²) in [5, 5.41) is 0. The number of aryl methyl sites for hydroxylation is 1. The molecule has 0 heterocycles. The molecular weight excluding hydrogens is 240 g/mol. The lowest BCUT2D eigenvalue weighted by Gasteiger charge is -2.26. The predicted molar refractivity (Wildman–Crippen MR) is 80.3 cm³/mol. The first-order valence-corrected chi connectivity index (χ1v) is 7.70. The van der Waals surface area contributed by atoms with E-state index in [2.05, 4.69) is 43.0 Å². The molecule has 1 fully saturated rings. The summed E-state index contributed by atoms with van der Waals surface area (Å²) in [5.74, 6) is 0.978. The van der Waals surface area contributed by atoms with Crippen LogP contribution in [0, 0.1) is 5.41 Å². The molecule has 0 N–H and O–H groups in total. The van der Waals surface area contributed by atoms with Crippen LogP contribution in [0.5, 0.6) is 0 Å². The molecule has 100 valence electrons. The Morgan fingerprint density at radius 2 is 1.83 bits per heavy atom. The van der Waals surface area contributed by atoms with Gasteiger partial charge in [0, 0.05) is 12.0 Å². The zero-order valence-corrected chi connectivity index (χ0v) is 12.0. The molecule has 1 aromatic rings. The van der Waals surface area contributed by atoms with Crippen LogP contribution in [-0.2, 0) is 11.2 Å². The first-order valence-electron chi connectivity index (χ1n) is 7.07. The molecule has 1 nitrogen and oxygen atoms in total. The molecule has 0 saturated heterocycles. The Kier molecular flexibility index (Phi) is 5.58. The minimum Gasteiger partial charge on any atom is -0.381 e. The van der Waals surface area contributed by atoms with Crippen molar-refractivity contribution >= 4 is 12.6 Å². The third-order valence-electron chi connectivity index (χ3n) is 4.00. The van der Waals surface area contributed by atoms with Crippen LogP contribution in [0.4, 0.5) is 0 Å². The summed E-state index contributed by atoms with van der Waals surface area (Å²) in [6.07, 6.45) is 7.55. The highest BCUT2D eigenvalue weighted by Gasteiger charge is 2.32. The smallest absolute Gasteiger partial charge is 0.0530 e. The summed E-state index contributed by atoms with van der Waals surface area (Å²) in [6.45, 7) is 1.79. The minimum absolute atomic E-state index is 0.385. The van der Waals surface area contributed by atoms with Crippen LogP contribution in [0.15, 0.2) is 30.3 Å². The van der Waals surface area contributed by atoms with E-state index in [0.717, 1.165) is 31.8 Å². The van der Waals surface area contributed by atoms with Gasteiger partial charge in [0.1, 0.15) is 0 Å². The van der Waals surface area contributed by atoms with Gasteiger partial charge in [-0.15, -0.1) is 0 Å². The van der Waals surface area contributed by atoms with Crippen molar-refractivity contribution in [3.05, 3.63) is 35.9 Å². The van der Waals surface area contributed by atoms with Gasteiger partial charge in [0.25, 0.3) is 0 Å². The van der Waals surface area contributed by atoms with Gasteiger partial charge in [-0.1, -0.05) is 43.2 Å². The Bertz CT molecular complexity index is 330. The fourth-order valence-corrected chi connectivity index (χ4v) is 3.19. The summed E-state index contributed by atoms with van der Waals surface area (Å²) in [4.78, 5) is 0. The molecule has 1 aliphatic rings. The highest BCUT2D eigenvalue weighted by Crippen LogP contribution is 2.39. The van der Waals surface area contributed by atoms with Crippen molar-refractivity contribution in [2.75, 3.05) is 19.0 Å². The molecule has 1 saturated carbocycles. The maximum absolute atomic E-state index is 5.88. The van der Waals surface area contributed by atoms with Crippen molar-refractivity contribution < 1.29 is 4.74 Å². The molecule has 0 spiro atoms. The van der Waals surface area contributed by atoms with Gasteiger partial charge < -0.3 is 4.74 Å². The van der Waals surface area contributed by atoms with E-state index in [0.29, 0.717) is 5.41 Å². The molecule has 0 radical (unpaired) electrons. The van der Waals surface area contributed by atoms with Gasteiger partial charge in [0.2, 0.25) is 0 Å². The van der Waals surface area contributed by atoms with Gasteiger partial charge in [-0.2, -0.15) is 12.6 Å². The fourth-order valence-electron chi connectivity index (χ4n) is 2.78. The Morgan fingerprint density at radius 3 is 2.50 bits per heavy atom. The molecule has 0 atom stereocenters. The fraction of sp³-hybridized carbons (Fsp3) is 0.625. The molecule has 0 bridgehead atoms. The highest BCUT2D eigenvalue weighted by molar-refractivity contribution is 7.80. The Hall–Kier alpha value is -0.470. The Morgan fingerprint density at radius 1 is 1.11 bits per heavy atom. The van der Waals surface area contributed by atoms with Crippen molar-refractivity contribution in [2.45, 2.75) is 38.5 Å². The van der Waals surface area contributed by atoms with Crippen molar-refractivity contribution in [2.24, 2.45) is 5.41 Å². The van der Waals surface area contributed by atoms with Gasteiger partial charge in [0.05, 0.1) is 6.61 Å². The van der Waals surface area contributed by atoms with Gasteiger partial charge in [-0.05, 0) is 37.0 Å². The first-order chi connectivity index (χ1) is 8.85. The maximum atomic E-state index is 5.88. The van der Waals surface area contributed by atoms with Crippen molar-refractivity contribution in [3.63, 3.8) is 0 Å². The van der Waals surface area contributed by atoms with Crippen LogP contribution in [0.1, 0.15) is 37.7 Å². The van der Waals surface area contributed by atoms with E-state index in [1.54, 1.807) is 0 Å². The zero-order valence-electron chi connectivity index (χ0n) is 11.1. The maximum Gasteiger partial charge on any atom is 0.0530 e. The number of benzene rings is 1. The van der Waals surface area contributed by atoms with E-state index in [4.69, 9.17) is 4.74 Å². The molecule has 2 rings (SSSR count). The highest BCUT2D eigenvalue weighted by atomic mass is 32.1. The number of hydrogen-bond donors (Lipinski definition) is 1. The second-order valence-electron chi connectivity index (χ2n) is 5.51. The third kappa shape index (κ3) is 4.03. The normalized spacial score (nSPS) is 18.1. The summed E-state index contributed by atoms with van der Waals surface area (Å²) >= 11 is 4.50. The summed E-state index contributed by atoms with van der Waals surface area (Å²) in [5.41, 5.74) is 1.79. The average molecular weight is 264 g/mol. The summed E-state index contributed by atoms with van der Waals surface area (Å²) in [6, 6.07) is 10.6. The lowest BCUT2D eigenvalue weighted by atomic mass is 9.90.